The van der Waals surface area contributed by atoms with Crippen LogP contribution in [0, 0.1) is 18.6 Å². The van der Waals surface area contributed by atoms with Crippen molar-refractivity contribution in [1.29, 1.82) is 0 Å². The third-order valence-corrected chi connectivity index (χ3v) is 4.62. The summed E-state index contributed by atoms with van der Waals surface area (Å²) in [5.74, 6) is -0.582. The summed E-state index contributed by atoms with van der Waals surface area (Å²) in [7, 11) is 0. The van der Waals surface area contributed by atoms with Gasteiger partial charge in [-0.25, -0.2) is 18.7 Å². The van der Waals surface area contributed by atoms with E-state index >= 15 is 0 Å². The second-order valence-electron chi connectivity index (χ2n) is 6.26. The van der Waals surface area contributed by atoms with Crippen molar-refractivity contribution < 1.29 is 8.78 Å². The van der Waals surface area contributed by atoms with Crippen LogP contribution in [0.1, 0.15) is 11.4 Å². The largest absolute Gasteiger partial charge is 0.322 e. The number of aromatic nitrogens is 3. The summed E-state index contributed by atoms with van der Waals surface area (Å²) in [6, 6.07) is 13.6. The minimum atomic E-state index is -0.952. The van der Waals surface area contributed by atoms with Gasteiger partial charge in [0.25, 0.3) is 0 Å². The van der Waals surface area contributed by atoms with Gasteiger partial charge in [-0.15, -0.1) is 0 Å². The highest BCUT2D eigenvalue weighted by Gasteiger charge is 2.16. The third kappa shape index (κ3) is 3.51. The number of rotatable bonds is 4. The molecule has 0 bridgehead atoms. The van der Waals surface area contributed by atoms with Gasteiger partial charge in [0, 0.05) is 28.5 Å². The Morgan fingerprint density at radius 3 is 2.61 bits per heavy atom. The lowest BCUT2D eigenvalue weighted by Gasteiger charge is -2.25. The summed E-state index contributed by atoms with van der Waals surface area (Å²) in [6.07, 6.45) is 3.15. The first-order valence-corrected chi connectivity index (χ1v) is 8.95. The maximum absolute atomic E-state index is 14.2. The molecule has 0 aliphatic rings. The maximum atomic E-state index is 14.2. The predicted molar refractivity (Wildman–Crippen MR) is 106 cm³/mol. The van der Waals surface area contributed by atoms with Crippen LogP contribution in [0.25, 0.3) is 10.9 Å². The van der Waals surface area contributed by atoms with Gasteiger partial charge in [0.1, 0.15) is 17.2 Å². The first-order valence-electron chi connectivity index (χ1n) is 8.57. The van der Waals surface area contributed by atoms with Gasteiger partial charge in [0.15, 0.2) is 11.6 Å². The minimum absolute atomic E-state index is 0.00223. The fourth-order valence-electron chi connectivity index (χ4n) is 3.07. The summed E-state index contributed by atoms with van der Waals surface area (Å²) >= 11 is 6.18. The molecule has 4 aromatic rings. The molecule has 2 heterocycles. The standard InChI is InChI=1S/C21H15ClF2N4/c1-13-25-10-8-19(27-13)28(16-4-2-3-15(22)11-16)12-14-7-9-26-21-17(14)5-6-18(23)20(21)24/h2-11H,12H2,1H3. The lowest BCUT2D eigenvalue weighted by atomic mass is 10.1. The molecule has 0 radical (unpaired) electrons. The SMILES string of the molecule is Cc1nccc(N(Cc2ccnc3c(F)c(F)ccc23)c2cccc(Cl)c2)n1. The van der Waals surface area contributed by atoms with Crippen molar-refractivity contribution in [2.24, 2.45) is 0 Å². The number of anilines is 2. The Morgan fingerprint density at radius 1 is 1.00 bits per heavy atom. The van der Waals surface area contributed by atoms with Crippen LogP contribution in [0.4, 0.5) is 20.3 Å². The molecular weight excluding hydrogens is 382 g/mol. The van der Waals surface area contributed by atoms with Gasteiger partial charge in [-0.05, 0) is 55.0 Å². The van der Waals surface area contributed by atoms with Gasteiger partial charge in [0.2, 0.25) is 0 Å². The van der Waals surface area contributed by atoms with E-state index in [1.165, 1.54) is 12.3 Å². The molecule has 28 heavy (non-hydrogen) atoms. The Balaban J connectivity index is 1.85. The number of aryl methyl sites for hydroxylation is 1. The first-order chi connectivity index (χ1) is 13.5. The van der Waals surface area contributed by atoms with Crippen LogP contribution in [0.2, 0.25) is 5.02 Å². The number of halogens is 3. The van der Waals surface area contributed by atoms with Crippen molar-refractivity contribution in [3.05, 3.63) is 89.0 Å². The van der Waals surface area contributed by atoms with E-state index in [0.29, 0.717) is 28.6 Å². The zero-order valence-electron chi connectivity index (χ0n) is 14.9. The Morgan fingerprint density at radius 2 is 1.82 bits per heavy atom. The number of nitrogens with zero attached hydrogens (tertiary/aromatic N) is 4. The molecule has 0 unspecified atom stereocenters. The normalized spacial score (nSPS) is 11.0. The molecule has 0 spiro atoms. The molecule has 0 saturated carbocycles. The molecule has 0 fully saturated rings. The van der Waals surface area contributed by atoms with Gasteiger partial charge < -0.3 is 4.90 Å². The fraction of sp³-hybridized carbons (Fsp3) is 0.0952. The van der Waals surface area contributed by atoms with E-state index in [1.807, 2.05) is 23.1 Å². The van der Waals surface area contributed by atoms with Crippen LogP contribution in [-0.4, -0.2) is 15.0 Å². The highest BCUT2D eigenvalue weighted by molar-refractivity contribution is 6.30. The summed E-state index contributed by atoms with van der Waals surface area (Å²) in [5.41, 5.74) is 1.60. The highest BCUT2D eigenvalue weighted by atomic mass is 35.5. The lowest BCUT2D eigenvalue weighted by molar-refractivity contribution is 0.515. The van der Waals surface area contributed by atoms with Crippen LogP contribution in [-0.2, 0) is 6.54 Å². The Hall–Kier alpha value is -3.12. The van der Waals surface area contributed by atoms with E-state index in [0.717, 1.165) is 17.3 Å². The smallest absolute Gasteiger partial charge is 0.184 e. The summed E-state index contributed by atoms with van der Waals surface area (Å²) in [5, 5.41) is 1.13. The summed E-state index contributed by atoms with van der Waals surface area (Å²) in [6.45, 7) is 2.17. The molecule has 140 valence electrons. The average Bonchev–Trinajstić information content (AvgIpc) is 2.69. The molecule has 2 aromatic carbocycles. The second-order valence-corrected chi connectivity index (χ2v) is 6.69. The van der Waals surface area contributed by atoms with Gasteiger partial charge in [-0.1, -0.05) is 17.7 Å². The van der Waals surface area contributed by atoms with Crippen LogP contribution < -0.4 is 4.90 Å². The Labute approximate surface area is 165 Å². The van der Waals surface area contributed by atoms with Crippen LogP contribution >= 0.6 is 11.6 Å². The monoisotopic (exact) mass is 396 g/mol. The van der Waals surface area contributed by atoms with Gasteiger partial charge in [0.05, 0.1) is 6.54 Å². The molecule has 7 heteroatoms. The van der Waals surface area contributed by atoms with E-state index in [9.17, 15) is 8.78 Å². The molecule has 0 aliphatic carbocycles. The molecule has 0 saturated heterocycles. The van der Waals surface area contributed by atoms with Crippen LogP contribution in [0.3, 0.4) is 0 Å². The van der Waals surface area contributed by atoms with Crippen molar-refractivity contribution in [1.82, 2.24) is 15.0 Å². The van der Waals surface area contributed by atoms with Crippen molar-refractivity contribution in [3.63, 3.8) is 0 Å². The Kier molecular flexibility index (Phi) is 4.88. The lowest BCUT2D eigenvalue weighted by Crippen LogP contribution is -2.18. The molecule has 0 N–H and O–H groups in total. The van der Waals surface area contributed by atoms with Crippen molar-refractivity contribution in [2.75, 3.05) is 4.90 Å². The predicted octanol–water partition coefficient (Wildman–Crippen LogP) is 5.60. The minimum Gasteiger partial charge on any atom is -0.322 e. The first kappa shape index (κ1) is 18.3. The second kappa shape index (κ2) is 7.48. The van der Waals surface area contributed by atoms with Crippen molar-refractivity contribution in [3.8, 4) is 0 Å². The summed E-state index contributed by atoms with van der Waals surface area (Å²) < 4.78 is 27.8. The van der Waals surface area contributed by atoms with E-state index in [4.69, 9.17) is 11.6 Å². The van der Waals surface area contributed by atoms with Gasteiger partial charge >= 0.3 is 0 Å². The number of benzene rings is 2. The van der Waals surface area contributed by atoms with E-state index in [2.05, 4.69) is 15.0 Å². The van der Waals surface area contributed by atoms with Crippen LogP contribution in [0.5, 0.6) is 0 Å². The maximum Gasteiger partial charge on any atom is 0.184 e. The number of pyridine rings is 1. The molecule has 0 aliphatic heterocycles. The topological polar surface area (TPSA) is 41.9 Å². The van der Waals surface area contributed by atoms with E-state index in [1.54, 1.807) is 31.3 Å². The van der Waals surface area contributed by atoms with Gasteiger partial charge in [-0.2, -0.15) is 0 Å². The van der Waals surface area contributed by atoms with Crippen molar-refractivity contribution in [2.45, 2.75) is 13.5 Å². The number of fused-ring (bicyclic) bond motifs is 1. The van der Waals surface area contributed by atoms with Gasteiger partial charge in [-0.3, -0.25) is 4.98 Å². The van der Waals surface area contributed by atoms with Crippen molar-refractivity contribution >= 4 is 34.0 Å². The number of hydrogen-bond acceptors (Lipinski definition) is 4. The quantitative estimate of drug-likeness (QED) is 0.450. The molecule has 0 atom stereocenters. The van der Waals surface area contributed by atoms with E-state index in [-0.39, 0.29) is 5.52 Å². The highest BCUT2D eigenvalue weighted by Crippen LogP contribution is 2.30. The van der Waals surface area contributed by atoms with Crippen LogP contribution in [0.15, 0.2) is 60.9 Å². The number of hydrogen-bond donors (Lipinski definition) is 0. The third-order valence-electron chi connectivity index (χ3n) is 4.38. The Bertz CT molecular complexity index is 1120. The zero-order valence-corrected chi connectivity index (χ0v) is 15.7. The molecule has 4 nitrogen and oxygen atoms in total. The fourth-order valence-corrected chi connectivity index (χ4v) is 3.25. The summed E-state index contributed by atoms with van der Waals surface area (Å²) in [4.78, 5) is 14.6. The average molecular weight is 397 g/mol. The molecule has 4 rings (SSSR count). The molecule has 2 aromatic heterocycles. The zero-order chi connectivity index (χ0) is 19.7. The van der Waals surface area contributed by atoms with E-state index < -0.39 is 11.6 Å². The molecular formula is C21H15ClF2N4. The molecule has 0 amide bonds.